The van der Waals surface area contributed by atoms with Gasteiger partial charge in [-0.1, -0.05) is 11.6 Å². The summed E-state index contributed by atoms with van der Waals surface area (Å²) in [5, 5.41) is -0.202. The molecule has 8 heteroatoms. The molecule has 1 aromatic carbocycles. The normalized spacial score (nSPS) is 11.3. The molecule has 0 amide bonds. The van der Waals surface area contributed by atoms with E-state index in [1.54, 1.807) is 6.07 Å². The van der Waals surface area contributed by atoms with E-state index < -0.39 is 15.8 Å². The highest BCUT2D eigenvalue weighted by Crippen LogP contribution is 2.25. The van der Waals surface area contributed by atoms with Gasteiger partial charge in [0.2, 0.25) is 5.95 Å². The maximum Gasteiger partial charge on any atom is 0.265 e. The number of hydrogen-bond acceptors (Lipinski definition) is 4. The van der Waals surface area contributed by atoms with Gasteiger partial charge in [-0.25, -0.2) is 27.5 Å². The summed E-state index contributed by atoms with van der Waals surface area (Å²) in [6, 6.07) is 3.66. The summed E-state index contributed by atoms with van der Waals surface area (Å²) in [7, 11) is -3.96. The lowest BCUT2D eigenvalue weighted by Gasteiger charge is -2.09. The van der Waals surface area contributed by atoms with E-state index in [9.17, 15) is 12.8 Å². The maximum atomic E-state index is 13.3. The number of halogens is 2. The fraction of sp³-hybridized carbons (Fsp3) is 0.0909. The molecule has 0 bridgehead atoms. The first kappa shape index (κ1) is 13.7. The summed E-state index contributed by atoms with van der Waals surface area (Å²) in [5.41, 5.74) is 0.179. The lowest BCUT2D eigenvalue weighted by Crippen LogP contribution is -2.15. The van der Waals surface area contributed by atoms with Gasteiger partial charge in [0.05, 0.1) is 5.02 Å². The molecule has 2 aromatic rings. The Balaban J connectivity index is 2.43. The molecular formula is C11H9ClFN3O2S. The monoisotopic (exact) mass is 301 g/mol. The van der Waals surface area contributed by atoms with E-state index in [2.05, 4.69) is 14.7 Å². The Labute approximate surface area is 114 Å². The van der Waals surface area contributed by atoms with Crippen molar-refractivity contribution < 1.29 is 12.8 Å². The summed E-state index contributed by atoms with van der Waals surface area (Å²) in [4.78, 5) is 7.26. The second-order valence-electron chi connectivity index (χ2n) is 3.71. The first-order valence-corrected chi connectivity index (χ1v) is 7.02. The third-order valence-corrected chi connectivity index (χ3v) is 4.09. The van der Waals surface area contributed by atoms with Crippen molar-refractivity contribution in [1.29, 1.82) is 0 Å². The average Bonchev–Trinajstić information content (AvgIpc) is 2.34. The number of benzene rings is 1. The molecule has 1 heterocycles. The molecule has 1 aromatic heterocycles. The summed E-state index contributed by atoms with van der Waals surface area (Å²) >= 11 is 5.75. The first-order chi connectivity index (χ1) is 8.90. The van der Waals surface area contributed by atoms with E-state index >= 15 is 0 Å². The highest BCUT2D eigenvalue weighted by molar-refractivity contribution is 7.92. The molecule has 0 unspecified atom stereocenters. The molecular weight excluding hydrogens is 293 g/mol. The third-order valence-electron chi connectivity index (χ3n) is 2.29. The molecule has 2 rings (SSSR count). The van der Waals surface area contributed by atoms with Crippen LogP contribution in [0.1, 0.15) is 5.56 Å². The Morgan fingerprint density at radius 1 is 1.26 bits per heavy atom. The largest absolute Gasteiger partial charge is 0.265 e. The number of nitrogens with one attached hydrogen (secondary N) is 1. The second kappa shape index (κ2) is 5.10. The van der Waals surface area contributed by atoms with Crippen molar-refractivity contribution in [3.8, 4) is 0 Å². The second-order valence-corrected chi connectivity index (χ2v) is 5.77. The zero-order valence-electron chi connectivity index (χ0n) is 9.76. The van der Waals surface area contributed by atoms with Crippen molar-refractivity contribution in [2.75, 3.05) is 4.72 Å². The van der Waals surface area contributed by atoms with Gasteiger partial charge in [0.25, 0.3) is 10.0 Å². The minimum atomic E-state index is -3.96. The molecule has 1 N–H and O–H groups in total. The average molecular weight is 302 g/mol. The minimum Gasteiger partial charge on any atom is -0.247 e. The minimum absolute atomic E-state index is 0.0828. The van der Waals surface area contributed by atoms with E-state index in [0.717, 1.165) is 12.1 Å². The van der Waals surface area contributed by atoms with Crippen LogP contribution in [0.15, 0.2) is 35.5 Å². The van der Waals surface area contributed by atoms with Crippen LogP contribution in [0.5, 0.6) is 0 Å². The molecule has 0 atom stereocenters. The highest BCUT2D eigenvalue weighted by atomic mass is 35.5. The highest BCUT2D eigenvalue weighted by Gasteiger charge is 2.20. The number of sulfonamides is 1. The summed E-state index contributed by atoms with van der Waals surface area (Å²) in [5.74, 6) is -0.652. The molecule has 0 saturated carbocycles. The number of anilines is 1. The van der Waals surface area contributed by atoms with E-state index in [0.29, 0.717) is 0 Å². The third kappa shape index (κ3) is 2.99. The molecule has 5 nitrogen and oxygen atoms in total. The Morgan fingerprint density at radius 3 is 2.53 bits per heavy atom. The van der Waals surface area contributed by atoms with Crippen molar-refractivity contribution >= 4 is 27.6 Å². The van der Waals surface area contributed by atoms with Crippen LogP contribution in [-0.2, 0) is 10.0 Å². The van der Waals surface area contributed by atoms with E-state index in [4.69, 9.17) is 11.6 Å². The number of nitrogens with zero attached hydrogens (tertiary/aromatic N) is 2. The van der Waals surface area contributed by atoms with Gasteiger partial charge in [-0.3, -0.25) is 0 Å². The van der Waals surface area contributed by atoms with Gasteiger partial charge in [0.15, 0.2) is 0 Å². The quantitative estimate of drug-likeness (QED) is 0.945. The van der Waals surface area contributed by atoms with Crippen LogP contribution in [-0.4, -0.2) is 18.4 Å². The molecule has 0 aliphatic carbocycles. The van der Waals surface area contributed by atoms with Gasteiger partial charge in [-0.05, 0) is 30.7 Å². The molecule has 0 spiro atoms. The van der Waals surface area contributed by atoms with Crippen LogP contribution in [0.3, 0.4) is 0 Å². The van der Waals surface area contributed by atoms with E-state index in [1.165, 1.54) is 19.3 Å². The maximum absolute atomic E-state index is 13.3. The van der Waals surface area contributed by atoms with E-state index in [-0.39, 0.29) is 21.4 Å². The van der Waals surface area contributed by atoms with Crippen LogP contribution in [0.2, 0.25) is 5.02 Å². The lowest BCUT2D eigenvalue weighted by molar-refractivity contribution is 0.598. The Bertz CT molecular complexity index is 707. The Morgan fingerprint density at radius 2 is 1.89 bits per heavy atom. The number of aromatic nitrogens is 2. The van der Waals surface area contributed by atoms with Crippen molar-refractivity contribution in [3.63, 3.8) is 0 Å². The fourth-order valence-electron chi connectivity index (χ4n) is 1.36. The van der Waals surface area contributed by atoms with Gasteiger partial charge in [0, 0.05) is 12.4 Å². The topological polar surface area (TPSA) is 72.0 Å². The van der Waals surface area contributed by atoms with Crippen LogP contribution in [0.25, 0.3) is 0 Å². The lowest BCUT2D eigenvalue weighted by atomic mass is 10.2. The number of rotatable bonds is 3. The SMILES string of the molecule is Cc1cc(S(=O)(=O)Nc2ncccn2)c(Cl)cc1F. The molecule has 19 heavy (non-hydrogen) atoms. The molecule has 0 saturated heterocycles. The van der Waals surface area contributed by atoms with Gasteiger partial charge in [0.1, 0.15) is 10.7 Å². The Kier molecular flexibility index (Phi) is 3.68. The van der Waals surface area contributed by atoms with Crippen LogP contribution >= 0.6 is 11.6 Å². The summed E-state index contributed by atoms with van der Waals surface area (Å²) in [6.45, 7) is 1.45. The molecule has 0 aliphatic heterocycles. The first-order valence-electron chi connectivity index (χ1n) is 5.15. The number of aryl methyl sites for hydroxylation is 1. The zero-order valence-corrected chi connectivity index (χ0v) is 11.3. The fourth-order valence-corrected chi connectivity index (χ4v) is 2.92. The van der Waals surface area contributed by atoms with Gasteiger partial charge >= 0.3 is 0 Å². The van der Waals surface area contributed by atoms with Gasteiger partial charge in [-0.2, -0.15) is 0 Å². The molecule has 0 radical (unpaired) electrons. The van der Waals surface area contributed by atoms with Crippen LogP contribution < -0.4 is 4.72 Å². The van der Waals surface area contributed by atoms with E-state index in [1.807, 2.05) is 0 Å². The van der Waals surface area contributed by atoms with Crippen molar-refractivity contribution in [2.45, 2.75) is 11.8 Å². The summed E-state index contributed by atoms with van der Waals surface area (Å²) in [6.07, 6.45) is 2.78. The summed E-state index contributed by atoms with van der Waals surface area (Å²) < 4.78 is 39.6. The standard InChI is InChI=1S/C11H9ClFN3O2S/c1-7-5-10(8(12)6-9(7)13)19(17,18)16-11-14-3-2-4-15-11/h2-6H,1H3,(H,14,15,16). The molecule has 100 valence electrons. The Hall–Kier alpha value is -1.73. The van der Waals surface area contributed by atoms with Crippen LogP contribution in [0.4, 0.5) is 10.3 Å². The van der Waals surface area contributed by atoms with Crippen molar-refractivity contribution in [2.24, 2.45) is 0 Å². The zero-order chi connectivity index (χ0) is 14.0. The van der Waals surface area contributed by atoms with Crippen LogP contribution in [0, 0.1) is 12.7 Å². The number of hydrogen-bond donors (Lipinski definition) is 1. The molecule has 0 fully saturated rings. The van der Waals surface area contributed by atoms with Gasteiger partial charge < -0.3 is 0 Å². The van der Waals surface area contributed by atoms with Crippen molar-refractivity contribution in [1.82, 2.24) is 9.97 Å². The van der Waals surface area contributed by atoms with Crippen molar-refractivity contribution in [3.05, 3.63) is 47.0 Å². The predicted molar refractivity (Wildman–Crippen MR) is 69.0 cm³/mol. The molecule has 0 aliphatic rings. The predicted octanol–water partition coefficient (Wildman–Crippen LogP) is 2.38. The van der Waals surface area contributed by atoms with Gasteiger partial charge in [-0.15, -0.1) is 0 Å². The smallest absolute Gasteiger partial charge is 0.247 e.